The van der Waals surface area contributed by atoms with E-state index in [1.807, 2.05) is 0 Å². The second-order valence-corrected chi connectivity index (χ2v) is 4.57. The number of hydrogen-bond donors (Lipinski definition) is 0. The van der Waals surface area contributed by atoms with Gasteiger partial charge >= 0.3 is 0 Å². The molecular formula is C11H24O3. The third-order valence-corrected chi connectivity index (χ3v) is 1.54. The average molecular weight is 204 g/mol. The van der Waals surface area contributed by atoms with Crippen molar-refractivity contribution in [3.8, 4) is 0 Å². The van der Waals surface area contributed by atoms with Gasteiger partial charge < -0.3 is 14.2 Å². The average Bonchev–Trinajstić information content (AvgIpc) is 2.08. The van der Waals surface area contributed by atoms with Crippen LogP contribution in [-0.4, -0.2) is 40.1 Å². The normalized spacial score (nSPS) is 12.0. The van der Waals surface area contributed by atoms with Crippen LogP contribution < -0.4 is 0 Å². The Bertz CT molecular complexity index is 118. The van der Waals surface area contributed by atoms with Crippen LogP contribution in [0.5, 0.6) is 0 Å². The Labute approximate surface area is 87.7 Å². The minimum Gasteiger partial charge on any atom is -0.385 e. The summed E-state index contributed by atoms with van der Waals surface area (Å²) in [6.45, 7) is 10.2. The van der Waals surface area contributed by atoms with E-state index in [0.717, 1.165) is 26.2 Å². The molecule has 0 aromatic rings. The highest BCUT2D eigenvalue weighted by molar-refractivity contribution is 4.58. The molecule has 0 radical (unpaired) electrons. The topological polar surface area (TPSA) is 27.7 Å². The molecule has 0 bridgehead atoms. The van der Waals surface area contributed by atoms with Gasteiger partial charge in [0.15, 0.2) is 0 Å². The van der Waals surface area contributed by atoms with Gasteiger partial charge in [0.1, 0.15) is 0 Å². The van der Waals surface area contributed by atoms with E-state index in [2.05, 4.69) is 20.8 Å². The predicted octanol–water partition coefficient (Wildman–Crippen LogP) is 2.10. The maximum Gasteiger partial charge on any atom is 0.0700 e. The van der Waals surface area contributed by atoms with Crippen molar-refractivity contribution in [2.75, 3.05) is 40.1 Å². The second-order valence-electron chi connectivity index (χ2n) is 4.57. The van der Waals surface area contributed by atoms with Crippen molar-refractivity contribution in [2.24, 2.45) is 5.41 Å². The van der Waals surface area contributed by atoms with E-state index < -0.39 is 0 Å². The molecule has 0 N–H and O–H groups in total. The molecule has 0 rings (SSSR count). The van der Waals surface area contributed by atoms with E-state index in [1.54, 1.807) is 7.11 Å². The fourth-order valence-corrected chi connectivity index (χ4v) is 0.904. The van der Waals surface area contributed by atoms with Gasteiger partial charge in [0.05, 0.1) is 19.8 Å². The van der Waals surface area contributed by atoms with Crippen LogP contribution in [0.4, 0.5) is 0 Å². The first-order valence-corrected chi connectivity index (χ1v) is 5.21. The molecule has 0 aliphatic heterocycles. The van der Waals surface area contributed by atoms with Crippen LogP contribution in [0.3, 0.4) is 0 Å². The fraction of sp³-hybridized carbons (Fsp3) is 1.00. The molecule has 0 unspecified atom stereocenters. The van der Waals surface area contributed by atoms with Crippen molar-refractivity contribution in [1.29, 1.82) is 0 Å². The van der Waals surface area contributed by atoms with E-state index in [4.69, 9.17) is 14.2 Å². The molecule has 3 heteroatoms. The van der Waals surface area contributed by atoms with Crippen LogP contribution >= 0.6 is 0 Å². The summed E-state index contributed by atoms with van der Waals surface area (Å²) < 4.78 is 15.7. The molecule has 86 valence electrons. The Kier molecular flexibility index (Phi) is 8.14. The summed E-state index contributed by atoms with van der Waals surface area (Å²) in [6, 6.07) is 0. The van der Waals surface area contributed by atoms with Crippen molar-refractivity contribution in [3.05, 3.63) is 0 Å². The molecule has 0 heterocycles. The highest BCUT2D eigenvalue weighted by Crippen LogP contribution is 2.12. The van der Waals surface area contributed by atoms with Gasteiger partial charge in [-0.2, -0.15) is 0 Å². The molecule has 0 aromatic heterocycles. The van der Waals surface area contributed by atoms with Gasteiger partial charge in [0, 0.05) is 20.3 Å². The molecule has 0 amide bonds. The number of rotatable bonds is 8. The van der Waals surface area contributed by atoms with Gasteiger partial charge in [-0.25, -0.2) is 0 Å². The molecular weight excluding hydrogens is 180 g/mol. The first-order chi connectivity index (χ1) is 6.56. The molecule has 0 aliphatic carbocycles. The quantitative estimate of drug-likeness (QED) is 0.567. The van der Waals surface area contributed by atoms with Crippen molar-refractivity contribution in [3.63, 3.8) is 0 Å². The zero-order valence-electron chi connectivity index (χ0n) is 9.97. The van der Waals surface area contributed by atoms with Crippen LogP contribution in [0.25, 0.3) is 0 Å². The van der Waals surface area contributed by atoms with Crippen LogP contribution in [0, 0.1) is 5.41 Å². The fourth-order valence-electron chi connectivity index (χ4n) is 0.904. The van der Waals surface area contributed by atoms with E-state index in [-0.39, 0.29) is 5.41 Å². The third kappa shape index (κ3) is 11.9. The standard InChI is InChI=1S/C11H24O3/c1-11(2,3)10-14-9-8-13-7-5-6-12-4/h5-10H2,1-4H3. The van der Waals surface area contributed by atoms with Gasteiger partial charge in [-0.3, -0.25) is 0 Å². The maximum absolute atomic E-state index is 5.45. The predicted molar refractivity (Wildman–Crippen MR) is 57.6 cm³/mol. The Hall–Kier alpha value is -0.120. The third-order valence-electron chi connectivity index (χ3n) is 1.54. The Morgan fingerprint density at radius 3 is 2.07 bits per heavy atom. The first-order valence-electron chi connectivity index (χ1n) is 5.21. The molecule has 0 fully saturated rings. The second kappa shape index (κ2) is 8.21. The Morgan fingerprint density at radius 1 is 0.857 bits per heavy atom. The van der Waals surface area contributed by atoms with Crippen molar-refractivity contribution < 1.29 is 14.2 Å². The lowest BCUT2D eigenvalue weighted by molar-refractivity contribution is 0.0152. The lowest BCUT2D eigenvalue weighted by atomic mass is 9.99. The number of methoxy groups -OCH3 is 1. The minimum absolute atomic E-state index is 0.246. The summed E-state index contributed by atoms with van der Waals surface area (Å²) in [5.74, 6) is 0. The van der Waals surface area contributed by atoms with E-state index in [1.165, 1.54) is 0 Å². The molecule has 0 atom stereocenters. The molecule has 0 saturated heterocycles. The molecule has 0 aromatic carbocycles. The molecule has 3 nitrogen and oxygen atoms in total. The summed E-state index contributed by atoms with van der Waals surface area (Å²) in [4.78, 5) is 0. The van der Waals surface area contributed by atoms with Crippen molar-refractivity contribution >= 4 is 0 Å². The smallest absolute Gasteiger partial charge is 0.0700 e. The SMILES string of the molecule is COCCCOCCOCC(C)(C)C. The summed E-state index contributed by atoms with van der Waals surface area (Å²) >= 11 is 0. The molecule has 0 saturated carbocycles. The zero-order chi connectivity index (χ0) is 10.9. The van der Waals surface area contributed by atoms with Crippen LogP contribution in [-0.2, 0) is 14.2 Å². The summed E-state index contributed by atoms with van der Waals surface area (Å²) in [5, 5.41) is 0. The van der Waals surface area contributed by atoms with Crippen LogP contribution in [0.2, 0.25) is 0 Å². The lowest BCUT2D eigenvalue weighted by Gasteiger charge is -2.17. The van der Waals surface area contributed by atoms with Crippen LogP contribution in [0.1, 0.15) is 27.2 Å². The van der Waals surface area contributed by atoms with Gasteiger partial charge in [-0.15, -0.1) is 0 Å². The largest absolute Gasteiger partial charge is 0.385 e. The van der Waals surface area contributed by atoms with E-state index in [9.17, 15) is 0 Å². The number of hydrogen-bond acceptors (Lipinski definition) is 3. The summed E-state index contributed by atoms with van der Waals surface area (Å²) in [5.41, 5.74) is 0.246. The van der Waals surface area contributed by atoms with Gasteiger partial charge in [-0.1, -0.05) is 20.8 Å². The molecule has 0 spiro atoms. The molecule has 14 heavy (non-hydrogen) atoms. The minimum atomic E-state index is 0.246. The molecule has 0 aliphatic rings. The lowest BCUT2D eigenvalue weighted by Crippen LogP contribution is -2.17. The highest BCUT2D eigenvalue weighted by atomic mass is 16.5. The van der Waals surface area contributed by atoms with E-state index >= 15 is 0 Å². The summed E-state index contributed by atoms with van der Waals surface area (Å²) in [6.07, 6.45) is 0.954. The highest BCUT2D eigenvalue weighted by Gasteiger charge is 2.09. The van der Waals surface area contributed by atoms with Gasteiger partial charge in [-0.05, 0) is 11.8 Å². The van der Waals surface area contributed by atoms with Crippen molar-refractivity contribution in [1.82, 2.24) is 0 Å². The number of ether oxygens (including phenoxy) is 3. The zero-order valence-corrected chi connectivity index (χ0v) is 9.97. The Balaban J connectivity index is 2.99. The first kappa shape index (κ1) is 13.9. The van der Waals surface area contributed by atoms with Gasteiger partial charge in [0.2, 0.25) is 0 Å². The van der Waals surface area contributed by atoms with Crippen LogP contribution in [0.15, 0.2) is 0 Å². The van der Waals surface area contributed by atoms with E-state index in [0.29, 0.717) is 13.2 Å². The maximum atomic E-state index is 5.45. The Morgan fingerprint density at radius 2 is 1.50 bits per heavy atom. The monoisotopic (exact) mass is 204 g/mol. The van der Waals surface area contributed by atoms with Crippen molar-refractivity contribution in [2.45, 2.75) is 27.2 Å². The van der Waals surface area contributed by atoms with Gasteiger partial charge in [0.25, 0.3) is 0 Å². The summed E-state index contributed by atoms with van der Waals surface area (Å²) in [7, 11) is 1.70.